The summed E-state index contributed by atoms with van der Waals surface area (Å²) in [5, 5.41) is 9.33. The number of nitrogens with two attached hydrogens (primary N) is 1. The van der Waals surface area contributed by atoms with Crippen molar-refractivity contribution in [2.24, 2.45) is 5.73 Å². The smallest absolute Gasteiger partial charge is 0.127 e. The van der Waals surface area contributed by atoms with Gasteiger partial charge in [0, 0.05) is 17.7 Å². The van der Waals surface area contributed by atoms with E-state index in [1.54, 1.807) is 26.8 Å². The molecule has 0 saturated carbocycles. The maximum atomic E-state index is 13.1. The summed E-state index contributed by atoms with van der Waals surface area (Å²) < 4.78 is 18.6. The van der Waals surface area contributed by atoms with Crippen LogP contribution in [0.15, 0.2) is 18.2 Å². The molecule has 0 aliphatic heterocycles. The van der Waals surface area contributed by atoms with Crippen LogP contribution in [-0.4, -0.2) is 17.3 Å². The van der Waals surface area contributed by atoms with Crippen LogP contribution < -0.4 is 10.5 Å². The van der Waals surface area contributed by atoms with Gasteiger partial charge in [0.2, 0.25) is 0 Å². The van der Waals surface area contributed by atoms with Crippen LogP contribution >= 0.6 is 0 Å². The summed E-state index contributed by atoms with van der Waals surface area (Å²) in [6.45, 7) is 5.14. The van der Waals surface area contributed by atoms with Gasteiger partial charge in [0.15, 0.2) is 0 Å². The molecule has 0 spiro atoms. The molecule has 0 amide bonds. The van der Waals surface area contributed by atoms with E-state index in [2.05, 4.69) is 0 Å². The molecule has 0 bridgehead atoms. The number of aliphatic hydroxyl groups is 1. The Bertz CT molecular complexity index is 353. The van der Waals surface area contributed by atoms with Gasteiger partial charge < -0.3 is 15.6 Å². The van der Waals surface area contributed by atoms with Gasteiger partial charge in [0.1, 0.15) is 17.7 Å². The summed E-state index contributed by atoms with van der Waals surface area (Å²) in [4.78, 5) is 0. The molecular formula is C12H18FNO2. The Morgan fingerprint density at radius 1 is 1.31 bits per heavy atom. The highest BCUT2D eigenvalue weighted by atomic mass is 19.1. The van der Waals surface area contributed by atoms with E-state index in [1.807, 2.05) is 0 Å². The summed E-state index contributed by atoms with van der Waals surface area (Å²) in [7, 11) is 0. The minimum absolute atomic E-state index is 0.239. The Balaban J connectivity index is 2.96. The number of hydrogen-bond donors (Lipinski definition) is 2. The highest BCUT2D eigenvalue weighted by Gasteiger charge is 2.15. The van der Waals surface area contributed by atoms with Gasteiger partial charge >= 0.3 is 0 Å². The molecule has 3 nitrogen and oxygen atoms in total. The Kier molecular flexibility index (Phi) is 4.26. The first-order chi connectivity index (χ1) is 7.41. The molecular weight excluding hydrogens is 209 g/mol. The first-order valence-electron chi connectivity index (χ1n) is 5.31. The molecule has 16 heavy (non-hydrogen) atoms. The van der Waals surface area contributed by atoms with Gasteiger partial charge in [-0.15, -0.1) is 0 Å². The minimum atomic E-state index is -0.621. The summed E-state index contributed by atoms with van der Waals surface area (Å²) in [6.07, 6.45) is -1.02. The Morgan fingerprint density at radius 2 is 1.94 bits per heavy atom. The molecule has 0 fully saturated rings. The lowest BCUT2D eigenvalue weighted by atomic mass is 10.1. The molecule has 0 aromatic heterocycles. The fourth-order valence-electron chi connectivity index (χ4n) is 1.29. The van der Waals surface area contributed by atoms with Gasteiger partial charge in [0.05, 0.1) is 6.10 Å². The fraction of sp³-hybridized carbons (Fsp3) is 0.500. The lowest BCUT2D eigenvalue weighted by Gasteiger charge is -2.20. The van der Waals surface area contributed by atoms with Crippen LogP contribution in [0.3, 0.4) is 0 Å². The SMILES string of the molecule is CC(O)C(C)Oc1cc(F)ccc1[C@@H](C)N. The maximum absolute atomic E-state index is 13.1. The fourth-order valence-corrected chi connectivity index (χ4v) is 1.29. The van der Waals surface area contributed by atoms with E-state index in [0.717, 1.165) is 5.56 Å². The molecule has 2 unspecified atom stereocenters. The van der Waals surface area contributed by atoms with Crippen LogP contribution in [0.5, 0.6) is 5.75 Å². The average molecular weight is 227 g/mol. The van der Waals surface area contributed by atoms with Crippen LogP contribution in [0.1, 0.15) is 32.4 Å². The van der Waals surface area contributed by atoms with E-state index in [1.165, 1.54) is 12.1 Å². The average Bonchev–Trinajstić information content (AvgIpc) is 2.16. The molecule has 0 aliphatic carbocycles. The quantitative estimate of drug-likeness (QED) is 0.827. The number of ether oxygens (including phenoxy) is 1. The zero-order chi connectivity index (χ0) is 12.3. The Morgan fingerprint density at radius 3 is 2.44 bits per heavy atom. The van der Waals surface area contributed by atoms with E-state index in [-0.39, 0.29) is 11.9 Å². The Labute approximate surface area is 95.0 Å². The first kappa shape index (κ1) is 12.9. The van der Waals surface area contributed by atoms with E-state index in [9.17, 15) is 9.50 Å². The molecule has 1 aromatic carbocycles. The monoisotopic (exact) mass is 227 g/mol. The van der Waals surface area contributed by atoms with Crippen molar-refractivity contribution in [2.75, 3.05) is 0 Å². The highest BCUT2D eigenvalue weighted by molar-refractivity contribution is 5.36. The molecule has 3 N–H and O–H groups in total. The summed E-state index contributed by atoms with van der Waals surface area (Å²) >= 11 is 0. The minimum Gasteiger partial charge on any atom is -0.488 e. The maximum Gasteiger partial charge on any atom is 0.127 e. The van der Waals surface area contributed by atoms with Crippen molar-refractivity contribution in [1.29, 1.82) is 0 Å². The lowest BCUT2D eigenvalue weighted by Crippen LogP contribution is -2.26. The van der Waals surface area contributed by atoms with Crippen molar-refractivity contribution in [3.05, 3.63) is 29.6 Å². The van der Waals surface area contributed by atoms with Crippen LogP contribution in [0.2, 0.25) is 0 Å². The van der Waals surface area contributed by atoms with E-state index in [4.69, 9.17) is 10.5 Å². The van der Waals surface area contributed by atoms with E-state index < -0.39 is 12.2 Å². The molecule has 1 rings (SSSR count). The molecule has 0 saturated heterocycles. The predicted octanol–water partition coefficient (Wildman–Crippen LogP) is 1.99. The number of benzene rings is 1. The van der Waals surface area contributed by atoms with Crippen LogP contribution in [0, 0.1) is 5.82 Å². The van der Waals surface area contributed by atoms with Crippen molar-refractivity contribution in [1.82, 2.24) is 0 Å². The molecule has 3 atom stereocenters. The van der Waals surface area contributed by atoms with Gasteiger partial charge in [0.25, 0.3) is 0 Å². The second kappa shape index (κ2) is 5.27. The summed E-state index contributed by atoms with van der Waals surface area (Å²) in [5.74, 6) is 0.0144. The zero-order valence-electron chi connectivity index (χ0n) is 9.77. The van der Waals surface area contributed by atoms with Crippen molar-refractivity contribution >= 4 is 0 Å². The standard InChI is InChI=1S/C12H18FNO2/c1-7(14)11-5-4-10(13)6-12(11)16-9(3)8(2)15/h4-9,15H,14H2,1-3H3/t7-,8?,9?/m1/s1. The molecule has 4 heteroatoms. The molecule has 0 radical (unpaired) electrons. The van der Waals surface area contributed by atoms with Crippen molar-refractivity contribution < 1.29 is 14.2 Å². The van der Waals surface area contributed by atoms with Gasteiger partial charge in [-0.05, 0) is 26.8 Å². The summed E-state index contributed by atoms with van der Waals surface area (Å²) in [6, 6.07) is 4.00. The van der Waals surface area contributed by atoms with Crippen LogP contribution in [0.4, 0.5) is 4.39 Å². The number of aliphatic hydroxyl groups excluding tert-OH is 1. The van der Waals surface area contributed by atoms with Gasteiger partial charge in [-0.3, -0.25) is 0 Å². The second-order valence-corrected chi connectivity index (χ2v) is 4.03. The highest BCUT2D eigenvalue weighted by Crippen LogP contribution is 2.26. The van der Waals surface area contributed by atoms with Gasteiger partial charge in [-0.2, -0.15) is 0 Å². The first-order valence-corrected chi connectivity index (χ1v) is 5.31. The molecule has 1 aromatic rings. The Hall–Kier alpha value is -1.13. The number of rotatable bonds is 4. The zero-order valence-corrected chi connectivity index (χ0v) is 9.77. The molecule has 90 valence electrons. The van der Waals surface area contributed by atoms with Gasteiger partial charge in [-0.1, -0.05) is 6.07 Å². The van der Waals surface area contributed by atoms with Crippen molar-refractivity contribution in [3.63, 3.8) is 0 Å². The third-order valence-electron chi connectivity index (χ3n) is 2.46. The topological polar surface area (TPSA) is 55.5 Å². The third-order valence-corrected chi connectivity index (χ3v) is 2.46. The molecule has 0 heterocycles. The lowest BCUT2D eigenvalue weighted by molar-refractivity contribution is 0.0594. The normalized spacial score (nSPS) is 16.6. The van der Waals surface area contributed by atoms with Crippen LogP contribution in [0.25, 0.3) is 0 Å². The third kappa shape index (κ3) is 3.18. The predicted molar refractivity (Wildman–Crippen MR) is 60.8 cm³/mol. The molecule has 0 aliphatic rings. The number of hydrogen-bond acceptors (Lipinski definition) is 3. The van der Waals surface area contributed by atoms with Crippen LogP contribution in [-0.2, 0) is 0 Å². The summed E-state index contributed by atoms with van der Waals surface area (Å²) in [5.41, 5.74) is 6.48. The van der Waals surface area contributed by atoms with Gasteiger partial charge in [-0.25, -0.2) is 4.39 Å². The van der Waals surface area contributed by atoms with E-state index >= 15 is 0 Å². The van der Waals surface area contributed by atoms with E-state index in [0.29, 0.717) is 5.75 Å². The van der Waals surface area contributed by atoms with Crippen molar-refractivity contribution in [3.8, 4) is 5.75 Å². The second-order valence-electron chi connectivity index (χ2n) is 4.03. The van der Waals surface area contributed by atoms with Crippen molar-refractivity contribution in [2.45, 2.75) is 39.0 Å². The number of halogens is 1. The largest absolute Gasteiger partial charge is 0.488 e.